The molecule has 0 saturated carbocycles. The highest BCUT2D eigenvalue weighted by Gasteiger charge is 2.08. The molecule has 1 aromatic carbocycles. The van der Waals surface area contributed by atoms with Crippen molar-refractivity contribution < 1.29 is 4.74 Å². The Kier molecular flexibility index (Phi) is 4.62. The normalized spacial score (nSPS) is 10.3. The van der Waals surface area contributed by atoms with Crippen LogP contribution in [0.3, 0.4) is 0 Å². The van der Waals surface area contributed by atoms with E-state index in [0.29, 0.717) is 17.5 Å². The van der Waals surface area contributed by atoms with Crippen LogP contribution in [-0.2, 0) is 5.75 Å². The first-order valence-electron chi connectivity index (χ1n) is 6.03. The number of nitrogens with zero attached hydrogens (tertiary/aromatic N) is 4. The van der Waals surface area contributed by atoms with Crippen molar-refractivity contribution >= 4 is 23.7 Å². The smallest absolute Gasteiger partial charge is 0.229 e. The molecule has 1 aromatic heterocycles. The third-order valence-electron chi connectivity index (χ3n) is 2.51. The van der Waals surface area contributed by atoms with Crippen LogP contribution in [0.5, 0.6) is 5.75 Å². The SMILES string of the molecule is COc1ccccc1SCc1nc(N)nc(N(C)C)n1. The van der Waals surface area contributed by atoms with Crippen molar-refractivity contribution in [2.75, 3.05) is 31.8 Å². The lowest BCUT2D eigenvalue weighted by molar-refractivity contribution is 0.405. The van der Waals surface area contributed by atoms with E-state index in [2.05, 4.69) is 15.0 Å². The number of methoxy groups -OCH3 is 1. The van der Waals surface area contributed by atoms with E-state index < -0.39 is 0 Å². The van der Waals surface area contributed by atoms with Crippen LogP contribution in [0.15, 0.2) is 29.2 Å². The maximum absolute atomic E-state index is 5.70. The highest BCUT2D eigenvalue weighted by molar-refractivity contribution is 7.98. The maximum atomic E-state index is 5.70. The zero-order valence-corrected chi connectivity index (χ0v) is 12.5. The van der Waals surface area contributed by atoms with E-state index in [1.807, 2.05) is 38.4 Å². The summed E-state index contributed by atoms with van der Waals surface area (Å²) in [5.41, 5.74) is 5.70. The van der Waals surface area contributed by atoms with Gasteiger partial charge in [-0.05, 0) is 12.1 Å². The lowest BCUT2D eigenvalue weighted by Gasteiger charge is -2.11. The van der Waals surface area contributed by atoms with Crippen LogP contribution in [-0.4, -0.2) is 36.2 Å². The molecular weight excluding hydrogens is 274 g/mol. The maximum Gasteiger partial charge on any atom is 0.229 e. The van der Waals surface area contributed by atoms with Crippen LogP contribution in [0.4, 0.5) is 11.9 Å². The number of nitrogen functional groups attached to an aromatic ring is 1. The number of anilines is 2. The van der Waals surface area contributed by atoms with Gasteiger partial charge in [0.15, 0.2) is 0 Å². The van der Waals surface area contributed by atoms with Crippen molar-refractivity contribution in [2.24, 2.45) is 0 Å². The molecule has 0 aliphatic rings. The Bertz CT molecular complexity index is 591. The van der Waals surface area contributed by atoms with Crippen molar-refractivity contribution in [3.05, 3.63) is 30.1 Å². The zero-order chi connectivity index (χ0) is 14.5. The number of thioether (sulfide) groups is 1. The van der Waals surface area contributed by atoms with Gasteiger partial charge in [0, 0.05) is 19.0 Å². The van der Waals surface area contributed by atoms with E-state index in [9.17, 15) is 0 Å². The first-order valence-corrected chi connectivity index (χ1v) is 7.02. The fourth-order valence-electron chi connectivity index (χ4n) is 1.57. The molecular formula is C13H17N5OS. The van der Waals surface area contributed by atoms with Gasteiger partial charge in [-0.25, -0.2) is 0 Å². The van der Waals surface area contributed by atoms with E-state index in [-0.39, 0.29) is 5.95 Å². The summed E-state index contributed by atoms with van der Waals surface area (Å²) in [4.78, 5) is 15.4. The lowest BCUT2D eigenvalue weighted by Crippen LogP contribution is -2.15. The molecule has 0 saturated heterocycles. The predicted molar refractivity (Wildman–Crippen MR) is 81.1 cm³/mol. The number of aromatic nitrogens is 3. The van der Waals surface area contributed by atoms with Gasteiger partial charge in [0.25, 0.3) is 0 Å². The van der Waals surface area contributed by atoms with Crippen LogP contribution < -0.4 is 15.4 Å². The Balaban J connectivity index is 2.14. The molecule has 106 valence electrons. The first-order chi connectivity index (χ1) is 9.60. The Hall–Kier alpha value is -2.02. The molecule has 0 atom stereocenters. The Morgan fingerprint density at radius 3 is 2.65 bits per heavy atom. The number of rotatable bonds is 5. The van der Waals surface area contributed by atoms with Crippen molar-refractivity contribution in [3.8, 4) is 5.75 Å². The molecule has 2 rings (SSSR count). The molecule has 0 fully saturated rings. The van der Waals surface area contributed by atoms with Crippen molar-refractivity contribution in [1.82, 2.24) is 15.0 Å². The Morgan fingerprint density at radius 2 is 1.95 bits per heavy atom. The largest absolute Gasteiger partial charge is 0.496 e. The van der Waals surface area contributed by atoms with Crippen LogP contribution in [0.25, 0.3) is 0 Å². The number of benzene rings is 1. The number of hydrogen-bond donors (Lipinski definition) is 1. The summed E-state index contributed by atoms with van der Waals surface area (Å²) in [5.74, 6) is 2.89. The van der Waals surface area contributed by atoms with E-state index in [4.69, 9.17) is 10.5 Å². The monoisotopic (exact) mass is 291 g/mol. The molecule has 1 heterocycles. The van der Waals surface area contributed by atoms with Crippen LogP contribution >= 0.6 is 11.8 Å². The summed E-state index contributed by atoms with van der Waals surface area (Å²) in [6.45, 7) is 0. The molecule has 0 bridgehead atoms. The Morgan fingerprint density at radius 1 is 1.20 bits per heavy atom. The summed E-state index contributed by atoms with van der Waals surface area (Å²) in [7, 11) is 5.39. The topological polar surface area (TPSA) is 77.2 Å². The summed E-state index contributed by atoms with van der Waals surface area (Å²) in [6, 6.07) is 7.84. The molecule has 7 heteroatoms. The van der Waals surface area contributed by atoms with Crippen molar-refractivity contribution in [2.45, 2.75) is 10.6 Å². The summed E-state index contributed by atoms with van der Waals surface area (Å²) in [5, 5.41) is 0. The van der Waals surface area contributed by atoms with Gasteiger partial charge in [-0.1, -0.05) is 12.1 Å². The standard InChI is InChI=1S/C13H17N5OS/c1-18(2)13-16-11(15-12(14)17-13)8-20-10-7-5-4-6-9(10)19-3/h4-7H,8H2,1-3H3,(H2,14,15,16,17). The summed E-state index contributed by atoms with van der Waals surface area (Å²) < 4.78 is 5.31. The zero-order valence-electron chi connectivity index (χ0n) is 11.7. The number of hydrogen-bond acceptors (Lipinski definition) is 7. The third-order valence-corrected chi connectivity index (χ3v) is 3.56. The fraction of sp³-hybridized carbons (Fsp3) is 0.308. The van der Waals surface area contributed by atoms with E-state index in [0.717, 1.165) is 10.6 Å². The molecule has 0 amide bonds. The van der Waals surface area contributed by atoms with Gasteiger partial charge in [0.1, 0.15) is 11.6 Å². The van der Waals surface area contributed by atoms with Gasteiger partial charge >= 0.3 is 0 Å². The van der Waals surface area contributed by atoms with E-state index in [1.54, 1.807) is 23.8 Å². The van der Waals surface area contributed by atoms with Crippen LogP contribution in [0.2, 0.25) is 0 Å². The molecule has 0 radical (unpaired) electrons. The molecule has 6 nitrogen and oxygen atoms in total. The molecule has 0 spiro atoms. The quantitative estimate of drug-likeness (QED) is 0.842. The highest BCUT2D eigenvalue weighted by atomic mass is 32.2. The fourth-order valence-corrected chi connectivity index (χ4v) is 2.45. The second kappa shape index (κ2) is 6.42. The minimum atomic E-state index is 0.235. The van der Waals surface area contributed by atoms with Crippen molar-refractivity contribution in [1.29, 1.82) is 0 Å². The van der Waals surface area contributed by atoms with Crippen LogP contribution in [0, 0.1) is 0 Å². The Labute approximate surface area is 122 Å². The predicted octanol–water partition coefficient (Wildman–Crippen LogP) is 1.82. The highest BCUT2D eigenvalue weighted by Crippen LogP contribution is 2.30. The number of nitrogens with two attached hydrogens (primary N) is 1. The number of ether oxygens (including phenoxy) is 1. The number of para-hydroxylation sites is 1. The van der Waals surface area contributed by atoms with Gasteiger partial charge in [0.05, 0.1) is 12.9 Å². The molecule has 20 heavy (non-hydrogen) atoms. The minimum absolute atomic E-state index is 0.235. The van der Waals surface area contributed by atoms with Gasteiger partial charge in [-0.3, -0.25) is 0 Å². The van der Waals surface area contributed by atoms with Crippen molar-refractivity contribution in [3.63, 3.8) is 0 Å². The second-order valence-corrected chi connectivity index (χ2v) is 5.26. The van der Waals surface area contributed by atoms with Crippen LogP contribution in [0.1, 0.15) is 5.82 Å². The molecule has 0 aliphatic heterocycles. The molecule has 0 aliphatic carbocycles. The average molecular weight is 291 g/mol. The first kappa shape index (κ1) is 14.4. The van der Waals surface area contributed by atoms with Gasteiger partial charge in [-0.15, -0.1) is 11.8 Å². The van der Waals surface area contributed by atoms with Gasteiger partial charge in [-0.2, -0.15) is 15.0 Å². The minimum Gasteiger partial charge on any atom is -0.496 e. The van der Waals surface area contributed by atoms with E-state index in [1.165, 1.54) is 0 Å². The van der Waals surface area contributed by atoms with Gasteiger partial charge < -0.3 is 15.4 Å². The molecule has 2 aromatic rings. The van der Waals surface area contributed by atoms with Gasteiger partial charge in [0.2, 0.25) is 11.9 Å². The average Bonchev–Trinajstić information content (AvgIpc) is 2.44. The molecule has 0 unspecified atom stereocenters. The summed E-state index contributed by atoms with van der Waals surface area (Å²) in [6.07, 6.45) is 0. The lowest BCUT2D eigenvalue weighted by atomic mass is 10.3. The second-order valence-electron chi connectivity index (χ2n) is 4.24. The molecule has 2 N–H and O–H groups in total. The third kappa shape index (κ3) is 3.51. The van der Waals surface area contributed by atoms with E-state index >= 15 is 0 Å². The summed E-state index contributed by atoms with van der Waals surface area (Å²) >= 11 is 1.60.